The Labute approximate surface area is 106 Å². The van der Waals surface area contributed by atoms with E-state index in [2.05, 4.69) is 5.32 Å². The van der Waals surface area contributed by atoms with E-state index in [1.165, 1.54) is 0 Å². The van der Waals surface area contributed by atoms with Gasteiger partial charge in [0, 0.05) is 0 Å². The maximum Gasteiger partial charge on any atom is 0.329 e. The lowest BCUT2D eigenvalue weighted by Gasteiger charge is -2.26. The second kappa shape index (κ2) is 6.26. The fraction of sp³-hybridized carbons (Fsp3) is 0.818. The van der Waals surface area contributed by atoms with Gasteiger partial charge in [-0.15, -0.1) is 0 Å². The summed E-state index contributed by atoms with van der Waals surface area (Å²) in [5, 5.41) is 11.8. The normalized spacial score (nSPS) is 19.9. The first kappa shape index (κ1) is 14.3. The highest BCUT2D eigenvalue weighted by molar-refractivity contribution is 7.98. The molecule has 1 rings (SSSR count). The van der Waals surface area contributed by atoms with E-state index in [4.69, 9.17) is 5.73 Å². The van der Waals surface area contributed by atoms with Crippen molar-refractivity contribution in [2.24, 2.45) is 5.73 Å². The molecule has 6 heteroatoms. The van der Waals surface area contributed by atoms with Crippen LogP contribution in [0.5, 0.6) is 0 Å². The van der Waals surface area contributed by atoms with Crippen molar-refractivity contribution in [1.29, 1.82) is 0 Å². The maximum absolute atomic E-state index is 11.8. The Hall–Kier alpha value is -0.750. The zero-order valence-electron chi connectivity index (χ0n) is 10.1. The average Bonchev–Trinajstić information content (AvgIpc) is 2.75. The second-order valence-electron chi connectivity index (χ2n) is 4.47. The fourth-order valence-electron chi connectivity index (χ4n) is 2.08. The minimum atomic E-state index is -1.08. The van der Waals surface area contributed by atoms with Crippen molar-refractivity contribution in [1.82, 2.24) is 5.32 Å². The Kier molecular flexibility index (Phi) is 5.27. The zero-order valence-corrected chi connectivity index (χ0v) is 10.9. The summed E-state index contributed by atoms with van der Waals surface area (Å²) in [6.07, 6.45) is 5.20. The Balaban J connectivity index is 2.56. The highest BCUT2D eigenvalue weighted by atomic mass is 32.2. The molecule has 1 aliphatic rings. The summed E-state index contributed by atoms with van der Waals surface area (Å²) < 4.78 is 0. The molecule has 0 spiro atoms. The summed E-state index contributed by atoms with van der Waals surface area (Å²) in [6, 6.07) is -0.612. The minimum absolute atomic E-state index is 0.344. The number of carboxylic acid groups (broad SMARTS) is 1. The van der Waals surface area contributed by atoms with Gasteiger partial charge in [-0.05, 0) is 31.3 Å². The van der Waals surface area contributed by atoms with Gasteiger partial charge >= 0.3 is 5.97 Å². The van der Waals surface area contributed by atoms with E-state index in [0.29, 0.717) is 19.3 Å². The molecule has 0 aliphatic heterocycles. The standard InChI is InChI=1S/C11H20N2O3S/c1-17-7-4-8(12)9(14)13-11(10(15)16)5-2-3-6-11/h8H,2-7,12H2,1H3,(H,13,14)(H,15,16)/t8-/m1/s1. The molecule has 0 radical (unpaired) electrons. The molecule has 0 heterocycles. The van der Waals surface area contributed by atoms with Gasteiger partial charge in [-0.1, -0.05) is 12.8 Å². The lowest BCUT2D eigenvalue weighted by atomic mass is 9.97. The van der Waals surface area contributed by atoms with Crippen molar-refractivity contribution >= 4 is 23.6 Å². The average molecular weight is 260 g/mol. The van der Waals surface area contributed by atoms with Gasteiger partial charge in [-0.25, -0.2) is 4.79 Å². The molecule has 0 bridgehead atoms. The number of hydrogen-bond acceptors (Lipinski definition) is 4. The van der Waals surface area contributed by atoms with Crippen LogP contribution in [0.2, 0.25) is 0 Å². The summed E-state index contributed by atoms with van der Waals surface area (Å²) in [4.78, 5) is 23.0. The number of hydrogen-bond donors (Lipinski definition) is 3. The third kappa shape index (κ3) is 3.61. The fourth-order valence-corrected chi connectivity index (χ4v) is 2.56. The molecule has 4 N–H and O–H groups in total. The Morgan fingerprint density at radius 3 is 2.53 bits per heavy atom. The molecular weight excluding hydrogens is 240 g/mol. The van der Waals surface area contributed by atoms with E-state index < -0.39 is 17.6 Å². The first-order chi connectivity index (χ1) is 8.02. The highest BCUT2D eigenvalue weighted by Crippen LogP contribution is 2.29. The number of amides is 1. The van der Waals surface area contributed by atoms with E-state index in [-0.39, 0.29) is 5.91 Å². The molecule has 1 fully saturated rings. The number of thioether (sulfide) groups is 1. The summed E-state index contributed by atoms with van der Waals surface area (Å²) in [6.45, 7) is 0. The van der Waals surface area contributed by atoms with Crippen LogP contribution in [0.4, 0.5) is 0 Å². The van der Waals surface area contributed by atoms with E-state index >= 15 is 0 Å². The van der Waals surface area contributed by atoms with Crippen LogP contribution in [-0.2, 0) is 9.59 Å². The van der Waals surface area contributed by atoms with Crippen LogP contribution in [0.1, 0.15) is 32.1 Å². The van der Waals surface area contributed by atoms with Crippen molar-refractivity contribution in [3.8, 4) is 0 Å². The van der Waals surface area contributed by atoms with Gasteiger partial charge in [-0.2, -0.15) is 11.8 Å². The molecule has 1 aliphatic carbocycles. The molecule has 0 saturated heterocycles. The van der Waals surface area contributed by atoms with Crippen molar-refractivity contribution in [2.75, 3.05) is 12.0 Å². The van der Waals surface area contributed by atoms with Gasteiger partial charge < -0.3 is 16.2 Å². The lowest BCUT2D eigenvalue weighted by Crippen LogP contribution is -2.56. The van der Waals surface area contributed by atoms with Crippen LogP contribution in [-0.4, -0.2) is 40.6 Å². The number of aliphatic carboxylic acids is 1. The molecule has 1 amide bonds. The predicted octanol–water partition coefficient (Wildman–Crippen LogP) is 0.580. The van der Waals surface area contributed by atoms with Crippen LogP contribution in [0, 0.1) is 0 Å². The maximum atomic E-state index is 11.8. The van der Waals surface area contributed by atoms with Crippen LogP contribution in [0.3, 0.4) is 0 Å². The zero-order chi connectivity index (χ0) is 12.9. The summed E-state index contributed by atoms with van der Waals surface area (Å²) in [5.74, 6) is -0.488. The van der Waals surface area contributed by atoms with Crippen molar-refractivity contribution in [3.63, 3.8) is 0 Å². The molecule has 1 atom stereocenters. The predicted molar refractivity (Wildman–Crippen MR) is 68.0 cm³/mol. The Morgan fingerprint density at radius 2 is 2.06 bits per heavy atom. The third-order valence-corrected chi connectivity index (χ3v) is 3.84. The Bertz CT molecular complexity index is 290. The number of carbonyl (C=O) groups is 2. The molecule has 17 heavy (non-hydrogen) atoms. The minimum Gasteiger partial charge on any atom is -0.480 e. The largest absolute Gasteiger partial charge is 0.480 e. The van der Waals surface area contributed by atoms with Crippen LogP contribution < -0.4 is 11.1 Å². The molecule has 1 saturated carbocycles. The van der Waals surface area contributed by atoms with Crippen LogP contribution in [0.25, 0.3) is 0 Å². The number of carboxylic acids is 1. The second-order valence-corrected chi connectivity index (χ2v) is 5.46. The SMILES string of the molecule is CSCC[C@@H](N)C(=O)NC1(C(=O)O)CCCC1. The summed E-state index contributed by atoms with van der Waals surface area (Å²) in [5.41, 5.74) is 4.65. The first-order valence-electron chi connectivity index (χ1n) is 5.82. The van der Waals surface area contributed by atoms with E-state index in [9.17, 15) is 14.7 Å². The summed E-state index contributed by atoms with van der Waals surface area (Å²) >= 11 is 1.62. The number of rotatable bonds is 6. The van der Waals surface area contributed by atoms with Crippen LogP contribution >= 0.6 is 11.8 Å². The van der Waals surface area contributed by atoms with Crippen molar-refractivity contribution < 1.29 is 14.7 Å². The third-order valence-electron chi connectivity index (χ3n) is 3.20. The van der Waals surface area contributed by atoms with Crippen LogP contribution in [0.15, 0.2) is 0 Å². The number of carbonyl (C=O) groups excluding carboxylic acids is 1. The molecule has 0 unspecified atom stereocenters. The van der Waals surface area contributed by atoms with Gasteiger partial charge in [0.15, 0.2) is 0 Å². The molecule has 0 aromatic heterocycles. The van der Waals surface area contributed by atoms with E-state index in [1.807, 2.05) is 6.26 Å². The van der Waals surface area contributed by atoms with Gasteiger partial charge in [0.2, 0.25) is 5.91 Å². The molecule has 0 aromatic carbocycles. The molecule has 5 nitrogen and oxygen atoms in total. The Morgan fingerprint density at radius 1 is 1.47 bits per heavy atom. The molecule has 0 aromatic rings. The van der Waals surface area contributed by atoms with Gasteiger partial charge in [-0.3, -0.25) is 4.79 Å². The van der Waals surface area contributed by atoms with E-state index in [1.54, 1.807) is 11.8 Å². The highest BCUT2D eigenvalue weighted by Gasteiger charge is 2.43. The number of nitrogens with two attached hydrogens (primary N) is 1. The first-order valence-corrected chi connectivity index (χ1v) is 7.21. The summed E-state index contributed by atoms with van der Waals surface area (Å²) in [7, 11) is 0. The monoisotopic (exact) mass is 260 g/mol. The quantitative estimate of drug-likeness (QED) is 0.649. The van der Waals surface area contributed by atoms with Crippen molar-refractivity contribution in [2.45, 2.75) is 43.7 Å². The molecule has 98 valence electrons. The topological polar surface area (TPSA) is 92.4 Å². The number of nitrogens with one attached hydrogen (secondary N) is 1. The van der Waals surface area contributed by atoms with Crippen molar-refractivity contribution in [3.05, 3.63) is 0 Å². The molecular formula is C11H20N2O3S. The van der Waals surface area contributed by atoms with E-state index in [0.717, 1.165) is 18.6 Å². The van der Waals surface area contributed by atoms with Gasteiger partial charge in [0.1, 0.15) is 5.54 Å². The van der Waals surface area contributed by atoms with Gasteiger partial charge in [0.25, 0.3) is 0 Å². The van der Waals surface area contributed by atoms with Gasteiger partial charge in [0.05, 0.1) is 6.04 Å². The smallest absolute Gasteiger partial charge is 0.329 e. The lowest BCUT2D eigenvalue weighted by molar-refractivity contribution is -0.147.